The first-order chi connectivity index (χ1) is 7.79. The summed E-state index contributed by atoms with van der Waals surface area (Å²) in [5, 5.41) is 3.29. The zero-order valence-corrected chi connectivity index (χ0v) is 10.5. The molecule has 3 nitrogen and oxygen atoms in total. The Labute approximate surface area is 103 Å². The molecule has 0 aliphatic carbocycles. The molecule has 0 aliphatic heterocycles. The zero-order chi connectivity index (χ0) is 11.4. The van der Waals surface area contributed by atoms with E-state index >= 15 is 0 Å². The summed E-state index contributed by atoms with van der Waals surface area (Å²) in [5.41, 5.74) is 2.06. The van der Waals surface area contributed by atoms with Gasteiger partial charge in [0.25, 0.3) is 0 Å². The molecule has 0 saturated heterocycles. The number of ether oxygens (including phenoxy) is 1. The largest absolute Gasteiger partial charge is 0.495 e. The van der Waals surface area contributed by atoms with Crippen molar-refractivity contribution in [2.75, 3.05) is 12.4 Å². The lowest BCUT2D eigenvalue weighted by Crippen LogP contribution is -1.99. The lowest BCUT2D eigenvalue weighted by molar-refractivity contribution is 0.416. The average molecular weight is 282 g/mol. The topological polar surface area (TPSA) is 34.4 Å². The molecule has 0 spiro atoms. The average Bonchev–Trinajstić information content (AvgIpc) is 2.73. The van der Waals surface area contributed by atoms with Gasteiger partial charge in [-0.1, -0.05) is 12.1 Å². The predicted octanol–water partition coefficient (Wildman–Crippen LogP) is 3.66. The van der Waals surface area contributed by atoms with E-state index < -0.39 is 0 Å². The number of para-hydroxylation sites is 2. The van der Waals surface area contributed by atoms with Crippen LogP contribution in [0.1, 0.15) is 5.56 Å². The van der Waals surface area contributed by atoms with Gasteiger partial charge in [0.2, 0.25) is 0 Å². The normalized spacial score (nSPS) is 10.1. The summed E-state index contributed by atoms with van der Waals surface area (Å²) >= 11 is 3.27. The molecule has 1 heterocycles. The molecule has 0 fully saturated rings. The van der Waals surface area contributed by atoms with Crippen LogP contribution in [-0.4, -0.2) is 7.11 Å². The van der Waals surface area contributed by atoms with Gasteiger partial charge in [0.05, 0.1) is 19.1 Å². The van der Waals surface area contributed by atoms with Crippen LogP contribution in [0.4, 0.5) is 5.69 Å². The van der Waals surface area contributed by atoms with E-state index in [0.717, 1.165) is 21.7 Å². The molecule has 0 radical (unpaired) electrons. The van der Waals surface area contributed by atoms with E-state index in [2.05, 4.69) is 21.2 Å². The lowest BCUT2D eigenvalue weighted by atomic mass is 10.2. The van der Waals surface area contributed by atoms with Crippen LogP contribution in [-0.2, 0) is 6.54 Å². The molecular weight excluding hydrogens is 270 g/mol. The molecule has 0 saturated carbocycles. The molecule has 0 unspecified atom stereocenters. The van der Waals surface area contributed by atoms with Crippen molar-refractivity contribution in [3.8, 4) is 5.75 Å². The molecule has 1 N–H and O–H groups in total. The smallest absolute Gasteiger partial charge is 0.169 e. The van der Waals surface area contributed by atoms with Crippen LogP contribution in [0.3, 0.4) is 0 Å². The Morgan fingerprint density at radius 3 is 2.88 bits per heavy atom. The molecule has 84 valence electrons. The molecule has 0 aliphatic rings. The van der Waals surface area contributed by atoms with Gasteiger partial charge in [-0.25, -0.2) is 0 Å². The number of methoxy groups -OCH3 is 1. The van der Waals surface area contributed by atoms with Crippen molar-refractivity contribution in [1.82, 2.24) is 0 Å². The van der Waals surface area contributed by atoms with Gasteiger partial charge in [-0.3, -0.25) is 0 Å². The minimum absolute atomic E-state index is 0.704. The highest BCUT2D eigenvalue weighted by atomic mass is 79.9. The van der Waals surface area contributed by atoms with E-state index in [1.54, 1.807) is 13.4 Å². The SMILES string of the molecule is COc1ccccc1NCc1coc(Br)c1. The Morgan fingerprint density at radius 2 is 2.19 bits per heavy atom. The Balaban J connectivity index is 2.04. The van der Waals surface area contributed by atoms with Crippen LogP contribution in [0.15, 0.2) is 45.7 Å². The van der Waals surface area contributed by atoms with Gasteiger partial charge in [0.15, 0.2) is 4.67 Å². The summed E-state index contributed by atoms with van der Waals surface area (Å²) in [7, 11) is 1.66. The predicted molar refractivity (Wildman–Crippen MR) is 66.7 cm³/mol. The molecule has 2 rings (SSSR count). The zero-order valence-electron chi connectivity index (χ0n) is 8.87. The second-order valence-electron chi connectivity index (χ2n) is 3.31. The van der Waals surface area contributed by atoms with Crippen molar-refractivity contribution in [1.29, 1.82) is 0 Å². The molecular formula is C12H12BrNO2. The molecule has 16 heavy (non-hydrogen) atoms. The van der Waals surface area contributed by atoms with Crippen LogP contribution in [0.2, 0.25) is 0 Å². The molecule has 0 amide bonds. The maximum Gasteiger partial charge on any atom is 0.169 e. The number of rotatable bonds is 4. The summed E-state index contributed by atoms with van der Waals surface area (Å²) in [6, 6.07) is 9.75. The molecule has 2 aromatic rings. The molecule has 1 aromatic heterocycles. The van der Waals surface area contributed by atoms with E-state index in [1.165, 1.54) is 0 Å². The standard InChI is InChI=1S/C12H12BrNO2/c1-15-11-5-3-2-4-10(11)14-7-9-6-12(13)16-8-9/h2-6,8,14H,7H2,1H3. The molecule has 4 heteroatoms. The summed E-state index contributed by atoms with van der Waals surface area (Å²) in [6.07, 6.45) is 1.71. The summed E-state index contributed by atoms with van der Waals surface area (Å²) in [4.78, 5) is 0. The van der Waals surface area contributed by atoms with Gasteiger partial charge in [-0.2, -0.15) is 0 Å². The van der Waals surface area contributed by atoms with Gasteiger partial charge >= 0.3 is 0 Å². The number of furan rings is 1. The van der Waals surface area contributed by atoms with Gasteiger partial charge in [0, 0.05) is 12.1 Å². The van der Waals surface area contributed by atoms with Crippen LogP contribution < -0.4 is 10.1 Å². The Kier molecular flexibility index (Phi) is 3.51. The second kappa shape index (κ2) is 5.07. The van der Waals surface area contributed by atoms with Gasteiger partial charge in [0.1, 0.15) is 5.75 Å². The molecule has 1 aromatic carbocycles. The fourth-order valence-electron chi connectivity index (χ4n) is 1.43. The number of hydrogen-bond acceptors (Lipinski definition) is 3. The van der Waals surface area contributed by atoms with E-state index in [0.29, 0.717) is 6.54 Å². The van der Waals surface area contributed by atoms with Crippen LogP contribution in [0.25, 0.3) is 0 Å². The van der Waals surface area contributed by atoms with E-state index in [9.17, 15) is 0 Å². The number of nitrogens with one attached hydrogen (secondary N) is 1. The van der Waals surface area contributed by atoms with E-state index in [4.69, 9.17) is 9.15 Å². The fraction of sp³-hybridized carbons (Fsp3) is 0.167. The van der Waals surface area contributed by atoms with Gasteiger partial charge in [-0.05, 0) is 34.1 Å². The summed E-state index contributed by atoms with van der Waals surface area (Å²) in [6.45, 7) is 0.704. The van der Waals surface area contributed by atoms with Crippen molar-refractivity contribution in [3.63, 3.8) is 0 Å². The van der Waals surface area contributed by atoms with Crippen molar-refractivity contribution >= 4 is 21.6 Å². The van der Waals surface area contributed by atoms with Crippen molar-refractivity contribution in [3.05, 3.63) is 46.8 Å². The van der Waals surface area contributed by atoms with Crippen LogP contribution >= 0.6 is 15.9 Å². The quantitative estimate of drug-likeness (QED) is 0.929. The maximum atomic E-state index is 5.24. The van der Waals surface area contributed by atoms with Crippen molar-refractivity contribution < 1.29 is 9.15 Å². The van der Waals surface area contributed by atoms with Crippen LogP contribution in [0, 0.1) is 0 Å². The molecule has 0 atom stereocenters. The van der Waals surface area contributed by atoms with Crippen LogP contribution in [0.5, 0.6) is 5.75 Å². The summed E-state index contributed by atoms with van der Waals surface area (Å²) in [5.74, 6) is 0.838. The Hall–Kier alpha value is -1.42. The summed E-state index contributed by atoms with van der Waals surface area (Å²) < 4.78 is 11.1. The Morgan fingerprint density at radius 1 is 1.38 bits per heavy atom. The highest BCUT2D eigenvalue weighted by molar-refractivity contribution is 9.10. The van der Waals surface area contributed by atoms with Gasteiger partial charge < -0.3 is 14.5 Å². The molecule has 0 bridgehead atoms. The third-order valence-electron chi connectivity index (χ3n) is 2.21. The maximum absolute atomic E-state index is 5.24. The first kappa shape index (κ1) is 11.1. The third kappa shape index (κ3) is 2.58. The number of benzene rings is 1. The highest BCUT2D eigenvalue weighted by Gasteiger charge is 2.02. The number of hydrogen-bond donors (Lipinski definition) is 1. The first-order valence-electron chi connectivity index (χ1n) is 4.89. The minimum atomic E-state index is 0.704. The number of halogens is 1. The second-order valence-corrected chi connectivity index (χ2v) is 4.09. The highest BCUT2D eigenvalue weighted by Crippen LogP contribution is 2.24. The van der Waals surface area contributed by atoms with E-state index in [-0.39, 0.29) is 0 Å². The minimum Gasteiger partial charge on any atom is -0.495 e. The fourth-order valence-corrected chi connectivity index (χ4v) is 1.81. The Bertz CT molecular complexity index is 468. The van der Waals surface area contributed by atoms with Crippen molar-refractivity contribution in [2.45, 2.75) is 6.54 Å². The van der Waals surface area contributed by atoms with E-state index in [1.807, 2.05) is 30.3 Å². The lowest BCUT2D eigenvalue weighted by Gasteiger charge is -2.09. The first-order valence-corrected chi connectivity index (χ1v) is 5.68. The van der Waals surface area contributed by atoms with Gasteiger partial charge in [-0.15, -0.1) is 0 Å². The number of anilines is 1. The van der Waals surface area contributed by atoms with Crippen molar-refractivity contribution in [2.24, 2.45) is 0 Å². The third-order valence-corrected chi connectivity index (χ3v) is 2.63. The monoisotopic (exact) mass is 281 g/mol.